The average Bonchev–Trinajstić information content (AvgIpc) is 2.90. The van der Waals surface area contributed by atoms with Gasteiger partial charge in [0.2, 0.25) is 21.8 Å². The first-order valence-corrected chi connectivity index (χ1v) is 14.8. The van der Waals surface area contributed by atoms with Gasteiger partial charge in [-0.1, -0.05) is 74.2 Å². The van der Waals surface area contributed by atoms with Crippen LogP contribution in [0.15, 0.2) is 59.5 Å². The number of carbonyl (C=O) groups excluding carboxylic acids is 2. The topological polar surface area (TPSA) is 86.8 Å². The second kappa shape index (κ2) is 13.7. The number of rotatable bonds is 12. The van der Waals surface area contributed by atoms with Gasteiger partial charge in [0, 0.05) is 32.6 Å². The fraction of sp³-hybridized carbons (Fsp3) is 0.517. The predicted molar refractivity (Wildman–Crippen MR) is 146 cm³/mol. The van der Waals surface area contributed by atoms with Crippen molar-refractivity contribution in [1.82, 2.24) is 14.5 Å². The van der Waals surface area contributed by atoms with Gasteiger partial charge in [-0.05, 0) is 50.3 Å². The van der Waals surface area contributed by atoms with Crippen LogP contribution in [0.25, 0.3) is 0 Å². The van der Waals surface area contributed by atoms with Crippen molar-refractivity contribution in [1.29, 1.82) is 0 Å². The average molecular weight is 528 g/mol. The second-order valence-corrected chi connectivity index (χ2v) is 12.1. The molecule has 2 amide bonds. The van der Waals surface area contributed by atoms with Crippen molar-refractivity contribution in [2.75, 3.05) is 13.6 Å². The molecule has 1 fully saturated rings. The van der Waals surface area contributed by atoms with Crippen LogP contribution >= 0.6 is 0 Å². The maximum atomic E-state index is 13.5. The van der Waals surface area contributed by atoms with Gasteiger partial charge >= 0.3 is 0 Å². The Morgan fingerprint density at radius 1 is 1.00 bits per heavy atom. The molecule has 37 heavy (non-hydrogen) atoms. The van der Waals surface area contributed by atoms with Crippen molar-refractivity contribution >= 4 is 21.8 Å². The number of sulfonamides is 1. The van der Waals surface area contributed by atoms with Gasteiger partial charge in [-0.25, -0.2) is 12.7 Å². The molecular formula is C29H41N3O4S. The van der Waals surface area contributed by atoms with Gasteiger partial charge in [-0.2, -0.15) is 0 Å². The smallest absolute Gasteiger partial charge is 0.243 e. The SMILES string of the molecule is CCC(C(=O)NC1CCCCC1)N(Cc1ccc(C)cc1)C(=O)CCCN(C)S(=O)(=O)c1ccccc1. The van der Waals surface area contributed by atoms with Gasteiger partial charge in [0.1, 0.15) is 6.04 Å². The number of hydrogen-bond donors (Lipinski definition) is 1. The monoisotopic (exact) mass is 527 g/mol. The van der Waals surface area contributed by atoms with E-state index in [1.165, 1.54) is 17.8 Å². The van der Waals surface area contributed by atoms with Crippen LogP contribution in [0.2, 0.25) is 0 Å². The minimum Gasteiger partial charge on any atom is -0.352 e. The fourth-order valence-corrected chi connectivity index (χ4v) is 6.07. The summed E-state index contributed by atoms with van der Waals surface area (Å²) in [4.78, 5) is 28.7. The van der Waals surface area contributed by atoms with E-state index < -0.39 is 16.1 Å². The molecule has 7 nitrogen and oxygen atoms in total. The molecule has 0 radical (unpaired) electrons. The van der Waals surface area contributed by atoms with E-state index in [4.69, 9.17) is 0 Å². The normalized spacial score (nSPS) is 15.4. The Labute approximate surface area is 222 Å². The quantitative estimate of drug-likeness (QED) is 0.435. The van der Waals surface area contributed by atoms with Crippen molar-refractivity contribution in [2.24, 2.45) is 0 Å². The highest BCUT2D eigenvalue weighted by atomic mass is 32.2. The lowest BCUT2D eigenvalue weighted by molar-refractivity contribution is -0.141. The predicted octanol–water partition coefficient (Wildman–Crippen LogP) is 4.65. The summed E-state index contributed by atoms with van der Waals surface area (Å²) in [6.45, 7) is 4.50. The third-order valence-corrected chi connectivity index (χ3v) is 9.00. The summed E-state index contributed by atoms with van der Waals surface area (Å²) >= 11 is 0. The molecule has 2 aromatic carbocycles. The van der Waals surface area contributed by atoms with Crippen LogP contribution in [0, 0.1) is 6.92 Å². The first-order chi connectivity index (χ1) is 17.7. The van der Waals surface area contributed by atoms with Crippen molar-refractivity contribution in [3.05, 3.63) is 65.7 Å². The summed E-state index contributed by atoms with van der Waals surface area (Å²) in [5.41, 5.74) is 2.10. The van der Waals surface area contributed by atoms with Gasteiger partial charge in [0.25, 0.3) is 0 Å². The number of amides is 2. The molecule has 0 aromatic heterocycles. The number of hydrogen-bond acceptors (Lipinski definition) is 4. The van der Waals surface area contributed by atoms with E-state index >= 15 is 0 Å². The zero-order valence-electron chi connectivity index (χ0n) is 22.4. The number of benzene rings is 2. The highest BCUT2D eigenvalue weighted by Gasteiger charge is 2.30. The summed E-state index contributed by atoms with van der Waals surface area (Å²) in [5.74, 6) is -0.240. The Hall–Kier alpha value is -2.71. The molecule has 0 spiro atoms. The molecule has 3 rings (SSSR count). The Balaban J connectivity index is 1.69. The minimum absolute atomic E-state index is 0.0985. The Bertz CT molecular complexity index is 1110. The Morgan fingerprint density at radius 3 is 2.27 bits per heavy atom. The molecule has 1 saturated carbocycles. The van der Waals surface area contributed by atoms with Crippen LogP contribution in [0.3, 0.4) is 0 Å². The lowest BCUT2D eigenvalue weighted by atomic mass is 9.95. The first-order valence-electron chi connectivity index (χ1n) is 13.4. The van der Waals surface area contributed by atoms with Crippen molar-refractivity contribution in [3.63, 3.8) is 0 Å². The first kappa shape index (κ1) is 28.9. The number of nitrogens with one attached hydrogen (secondary N) is 1. The zero-order valence-corrected chi connectivity index (χ0v) is 23.2. The summed E-state index contributed by atoms with van der Waals surface area (Å²) in [6, 6.07) is 15.9. The summed E-state index contributed by atoms with van der Waals surface area (Å²) in [5, 5.41) is 3.19. The third kappa shape index (κ3) is 8.14. The van der Waals surface area contributed by atoms with Crippen LogP contribution in [-0.2, 0) is 26.2 Å². The highest BCUT2D eigenvalue weighted by Crippen LogP contribution is 2.20. The fourth-order valence-electron chi connectivity index (χ4n) is 4.84. The van der Waals surface area contributed by atoms with E-state index in [0.29, 0.717) is 19.4 Å². The third-order valence-electron chi connectivity index (χ3n) is 7.13. The maximum Gasteiger partial charge on any atom is 0.243 e. The summed E-state index contributed by atoms with van der Waals surface area (Å²) < 4.78 is 26.9. The van der Waals surface area contributed by atoms with E-state index in [0.717, 1.165) is 36.8 Å². The molecule has 1 atom stereocenters. The molecule has 1 aliphatic carbocycles. The largest absolute Gasteiger partial charge is 0.352 e. The molecule has 1 unspecified atom stereocenters. The highest BCUT2D eigenvalue weighted by molar-refractivity contribution is 7.89. The van der Waals surface area contributed by atoms with Gasteiger partial charge in [0.15, 0.2) is 0 Å². The molecule has 202 valence electrons. The van der Waals surface area contributed by atoms with E-state index in [1.54, 1.807) is 35.2 Å². The second-order valence-electron chi connectivity index (χ2n) is 10.0. The number of carbonyl (C=O) groups is 2. The maximum absolute atomic E-state index is 13.5. The summed E-state index contributed by atoms with van der Waals surface area (Å²) in [6.07, 6.45) is 6.45. The van der Waals surface area contributed by atoms with E-state index in [1.807, 2.05) is 38.1 Å². The van der Waals surface area contributed by atoms with Crippen LogP contribution in [0.1, 0.15) is 69.4 Å². The standard InChI is InChI=1S/C29H41N3O4S/c1-4-27(29(34)30-25-12-7-5-8-13-25)32(22-24-19-17-23(2)18-20-24)28(33)16-11-21-31(3)37(35,36)26-14-9-6-10-15-26/h6,9-10,14-15,17-20,25,27H,4-5,7-8,11-13,16,21-22H2,1-3H3,(H,30,34). The lowest BCUT2D eigenvalue weighted by Gasteiger charge is -2.33. The zero-order chi connectivity index (χ0) is 26.8. The van der Waals surface area contributed by atoms with Crippen LogP contribution in [-0.4, -0.2) is 55.1 Å². The number of aryl methyl sites for hydroxylation is 1. The molecular weight excluding hydrogens is 486 g/mol. The van der Waals surface area contributed by atoms with Gasteiger partial charge in [-0.15, -0.1) is 0 Å². The van der Waals surface area contributed by atoms with Crippen LogP contribution in [0.5, 0.6) is 0 Å². The lowest BCUT2D eigenvalue weighted by Crippen LogP contribution is -2.51. The van der Waals surface area contributed by atoms with Crippen molar-refractivity contribution in [3.8, 4) is 0 Å². The van der Waals surface area contributed by atoms with Gasteiger partial charge in [-0.3, -0.25) is 9.59 Å². The van der Waals surface area contributed by atoms with Crippen molar-refractivity contribution in [2.45, 2.75) is 88.7 Å². The number of nitrogens with zero attached hydrogens (tertiary/aromatic N) is 2. The Kier molecular flexibility index (Phi) is 10.7. The van der Waals surface area contributed by atoms with Gasteiger partial charge < -0.3 is 10.2 Å². The minimum atomic E-state index is -3.62. The molecule has 0 saturated heterocycles. The molecule has 0 heterocycles. The summed E-state index contributed by atoms with van der Waals surface area (Å²) in [7, 11) is -2.09. The van der Waals surface area contributed by atoms with Crippen LogP contribution in [0.4, 0.5) is 0 Å². The molecule has 2 aromatic rings. The Morgan fingerprint density at radius 2 is 1.65 bits per heavy atom. The molecule has 0 bridgehead atoms. The van der Waals surface area contributed by atoms with E-state index in [2.05, 4.69) is 5.32 Å². The van der Waals surface area contributed by atoms with Crippen molar-refractivity contribution < 1.29 is 18.0 Å². The van der Waals surface area contributed by atoms with Gasteiger partial charge in [0.05, 0.1) is 4.90 Å². The van der Waals surface area contributed by atoms with E-state index in [9.17, 15) is 18.0 Å². The van der Waals surface area contributed by atoms with E-state index in [-0.39, 0.29) is 35.7 Å². The molecule has 1 aliphatic rings. The van der Waals surface area contributed by atoms with Crippen LogP contribution < -0.4 is 5.32 Å². The molecule has 0 aliphatic heterocycles. The molecule has 1 N–H and O–H groups in total. The molecule has 8 heteroatoms.